The summed E-state index contributed by atoms with van der Waals surface area (Å²) in [5.41, 5.74) is 0.400. The molecule has 6 nitrogen and oxygen atoms in total. The highest BCUT2D eigenvalue weighted by Gasteiger charge is 2.36. The predicted molar refractivity (Wildman–Crippen MR) is 106 cm³/mol. The Morgan fingerprint density at radius 1 is 1.22 bits per heavy atom. The van der Waals surface area contributed by atoms with Crippen molar-refractivity contribution in [3.63, 3.8) is 0 Å². The lowest BCUT2D eigenvalue weighted by atomic mass is 9.90. The molecule has 2 aliphatic rings. The molecule has 3 rings (SSSR count). The van der Waals surface area contributed by atoms with E-state index in [9.17, 15) is 14.7 Å². The molecule has 2 heterocycles. The Kier molecular flexibility index (Phi) is 6.29. The second kappa shape index (κ2) is 8.50. The van der Waals surface area contributed by atoms with Crippen molar-refractivity contribution in [1.29, 1.82) is 0 Å². The number of halogens is 2. The maximum absolute atomic E-state index is 12.5. The first-order valence-corrected chi connectivity index (χ1v) is 9.74. The number of aromatic hydroxyl groups is 1. The lowest BCUT2D eigenvalue weighted by Gasteiger charge is -2.47. The Hall–Kier alpha value is -1.76. The molecule has 0 spiro atoms. The molecular formula is C19H23Cl2N3O3. The zero-order chi connectivity index (χ0) is 19.6. The van der Waals surface area contributed by atoms with Crippen LogP contribution in [-0.2, 0) is 9.59 Å². The zero-order valence-corrected chi connectivity index (χ0v) is 16.5. The van der Waals surface area contributed by atoms with Gasteiger partial charge in [0, 0.05) is 31.1 Å². The zero-order valence-electron chi connectivity index (χ0n) is 15.0. The third-order valence-corrected chi connectivity index (χ3v) is 6.06. The Balaban J connectivity index is 1.43. The highest BCUT2D eigenvalue weighted by atomic mass is 35.5. The van der Waals surface area contributed by atoms with Crippen LogP contribution in [0.1, 0.15) is 12.8 Å². The van der Waals surface area contributed by atoms with Crippen molar-refractivity contribution in [2.75, 3.05) is 38.0 Å². The van der Waals surface area contributed by atoms with Crippen molar-refractivity contribution >= 4 is 40.6 Å². The minimum atomic E-state index is -0.0318. The van der Waals surface area contributed by atoms with Crippen LogP contribution < -0.4 is 5.32 Å². The average Bonchev–Trinajstić information content (AvgIpc) is 2.62. The lowest BCUT2D eigenvalue weighted by molar-refractivity contribution is -0.133. The summed E-state index contributed by atoms with van der Waals surface area (Å²) >= 11 is 11.8. The van der Waals surface area contributed by atoms with Gasteiger partial charge in [-0.2, -0.15) is 0 Å². The van der Waals surface area contributed by atoms with E-state index in [2.05, 4.69) is 16.8 Å². The van der Waals surface area contributed by atoms with Crippen LogP contribution in [-0.4, -0.2) is 65.4 Å². The van der Waals surface area contributed by atoms with Gasteiger partial charge in [0.15, 0.2) is 5.78 Å². The summed E-state index contributed by atoms with van der Waals surface area (Å²) in [6.07, 6.45) is 2.96. The molecule has 0 atom stereocenters. The van der Waals surface area contributed by atoms with Gasteiger partial charge in [0.25, 0.3) is 0 Å². The number of amides is 1. The monoisotopic (exact) mass is 411 g/mol. The summed E-state index contributed by atoms with van der Waals surface area (Å²) in [4.78, 5) is 28.1. The molecule has 1 aromatic rings. The number of benzene rings is 1. The van der Waals surface area contributed by atoms with Gasteiger partial charge in [-0.15, -0.1) is 0 Å². The van der Waals surface area contributed by atoms with Crippen LogP contribution in [0, 0.1) is 5.92 Å². The molecule has 0 aliphatic carbocycles. The number of carbonyl (C=O) groups is 2. The standard InChI is InChI=1S/C19H23Cl2N3O3/c1-2-19(27)24-10-13(11-24)23-5-3-12(4-6-23)18(26)9-22-16-7-14(20)15(21)8-17(16)25/h2,7-8,12-13,22,25H,1,3-6,9-11H2. The number of anilines is 1. The summed E-state index contributed by atoms with van der Waals surface area (Å²) in [6, 6.07) is 3.26. The van der Waals surface area contributed by atoms with Crippen LogP contribution in [0.2, 0.25) is 10.0 Å². The molecule has 2 saturated heterocycles. The van der Waals surface area contributed by atoms with Crippen molar-refractivity contribution in [3.8, 4) is 5.75 Å². The van der Waals surface area contributed by atoms with Crippen molar-refractivity contribution < 1.29 is 14.7 Å². The molecule has 8 heteroatoms. The summed E-state index contributed by atoms with van der Waals surface area (Å²) in [5, 5.41) is 13.4. The number of ketones is 1. The molecular weight excluding hydrogens is 389 g/mol. The maximum atomic E-state index is 12.5. The van der Waals surface area contributed by atoms with E-state index in [1.165, 1.54) is 18.2 Å². The van der Waals surface area contributed by atoms with Gasteiger partial charge in [-0.25, -0.2) is 0 Å². The molecule has 0 saturated carbocycles. The second-order valence-corrected chi connectivity index (χ2v) is 7.83. The predicted octanol–water partition coefficient (Wildman–Crippen LogP) is 2.79. The fraction of sp³-hybridized carbons (Fsp3) is 0.474. The molecule has 2 fully saturated rings. The van der Waals surface area contributed by atoms with Crippen molar-refractivity contribution in [2.45, 2.75) is 18.9 Å². The van der Waals surface area contributed by atoms with Gasteiger partial charge >= 0.3 is 0 Å². The number of hydrogen-bond acceptors (Lipinski definition) is 5. The number of nitrogens with zero attached hydrogens (tertiary/aromatic N) is 2. The Bertz CT molecular complexity index is 742. The van der Waals surface area contributed by atoms with E-state index in [4.69, 9.17) is 23.2 Å². The first kappa shape index (κ1) is 20.0. The van der Waals surface area contributed by atoms with E-state index in [0.29, 0.717) is 16.8 Å². The van der Waals surface area contributed by atoms with Crippen molar-refractivity contribution in [3.05, 3.63) is 34.8 Å². The van der Waals surface area contributed by atoms with Crippen LogP contribution in [0.4, 0.5) is 5.69 Å². The van der Waals surface area contributed by atoms with Gasteiger partial charge in [0.2, 0.25) is 5.91 Å². The van der Waals surface area contributed by atoms with E-state index in [0.717, 1.165) is 39.0 Å². The van der Waals surface area contributed by atoms with Gasteiger partial charge in [-0.3, -0.25) is 14.5 Å². The third kappa shape index (κ3) is 4.57. The highest BCUT2D eigenvalue weighted by Crippen LogP contribution is 2.33. The second-order valence-electron chi connectivity index (χ2n) is 7.01. The average molecular weight is 412 g/mol. The number of piperidine rings is 1. The number of hydrogen-bond donors (Lipinski definition) is 2. The fourth-order valence-electron chi connectivity index (χ4n) is 3.59. The Morgan fingerprint density at radius 3 is 2.48 bits per heavy atom. The van der Waals surface area contributed by atoms with Gasteiger partial charge in [0.1, 0.15) is 5.75 Å². The SMILES string of the molecule is C=CC(=O)N1CC(N2CCC(C(=O)CNc3cc(Cl)c(Cl)cc3O)CC2)C1. The first-order valence-electron chi connectivity index (χ1n) is 8.99. The molecule has 146 valence electrons. The van der Waals surface area contributed by atoms with Crippen LogP contribution in [0.5, 0.6) is 5.75 Å². The lowest BCUT2D eigenvalue weighted by Crippen LogP contribution is -2.62. The molecule has 0 unspecified atom stereocenters. The Labute approximate surface area is 168 Å². The van der Waals surface area contributed by atoms with Gasteiger partial charge < -0.3 is 15.3 Å². The molecule has 27 heavy (non-hydrogen) atoms. The fourth-order valence-corrected chi connectivity index (χ4v) is 3.91. The molecule has 0 bridgehead atoms. The molecule has 1 aromatic carbocycles. The van der Waals surface area contributed by atoms with E-state index in [1.54, 1.807) is 4.90 Å². The Morgan fingerprint density at radius 2 is 1.85 bits per heavy atom. The molecule has 0 radical (unpaired) electrons. The van der Waals surface area contributed by atoms with Crippen molar-refractivity contribution in [1.82, 2.24) is 9.80 Å². The number of likely N-dealkylation sites (tertiary alicyclic amines) is 2. The van der Waals surface area contributed by atoms with Crippen LogP contribution >= 0.6 is 23.2 Å². The smallest absolute Gasteiger partial charge is 0.246 e. The number of Topliss-reactive ketones (excluding diaryl/α,β-unsaturated/α-hetero) is 1. The maximum Gasteiger partial charge on any atom is 0.246 e. The normalized spacial score (nSPS) is 18.8. The summed E-state index contributed by atoms with van der Waals surface area (Å²) in [5.74, 6) is 0.0745. The first-order chi connectivity index (χ1) is 12.9. The van der Waals surface area contributed by atoms with E-state index in [-0.39, 0.29) is 34.9 Å². The molecule has 2 aliphatic heterocycles. The number of rotatable bonds is 6. The minimum Gasteiger partial charge on any atom is -0.506 e. The number of carbonyl (C=O) groups excluding carboxylic acids is 2. The number of phenols is 1. The van der Waals surface area contributed by atoms with Gasteiger partial charge in [0.05, 0.1) is 22.3 Å². The highest BCUT2D eigenvalue weighted by molar-refractivity contribution is 6.42. The van der Waals surface area contributed by atoms with Crippen LogP contribution in [0.3, 0.4) is 0 Å². The van der Waals surface area contributed by atoms with E-state index >= 15 is 0 Å². The van der Waals surface area contributed by atoms with Crippen molar-refractivity contribution in [2.24, 2.45) is 5.92 Å². The topological polar surface area (TPSA) is 72.9 Å². The molecule has 2 N–H and O–H groups in total. The summed E-state index contributed by atoms with van der Waals surface area (Å²) in [6.45, 7) is 6.83. The minimum absolute atomic E-state index is 0.00431. The summed E-state index contributed by atoms with van der Waals surface area (Å²) in [7, 11) is 0. The molecule has 0 aromatic heterocycles. The van der Waals surface area contributed by atoms with Gasteiger partial charge in [-0.1, -0.05) is 29.8 Å². The van der Waals surface area contributed by atoms with E-state index in [1.807, 2.05) is 0 Å². The quantitative estimate of drug-likeness (QED) is 0.556. The van der Waals surface area contributed by atoms with Gasteiger partial charge in [-0.05, 0) is 38.1 Å². The largest absolute Gasteiger partial charge is 0.506 e. The number of nitrogens with one attached hydrogen (secondary N) is 1. The third-order valence-electron chi connectivity index (χ3n) is 5.34. The summed E-state index contributed by atoms with van der Waals surface area (Å²) < 4.78 is 0. The molecule has 1 amide bonds. The van der Waals surface area contributed by atoms with Crippen LogP contribution in [0.25, 0.3) is 0 Å². The van der Waals surface area contributed by atoms with Crippen LogP contribution in [0.15, 0.2) is 24.8 Å². The number of phenolic OH excluding ortho intramolecular Hbond substituents is 1. The van der Waals surface area contributed by atoms with E-state index < -0.39 is 0 Å².